The number of rotatable bonds is 5. The van der Waals surface area contributed by atoms with E-state index in [1.165, 1.54) is 28.2 Å². The second-order valence-electron chi connectivity index (χ2n) is 7.21. The van der Waals surface area contributed by atoms with E-state index in [2.05, 4.69) is 79.7 Å². The molecule has 0 saturated heterocycles. The molecule has 4 rings (SSSR count). The molecule has 29 heavy (non-hydrogen) atoms. The van der Waals surface area contributed by atoms with Gasteiger partial charge in [-0.3, -0.25) is 0 Å². The van der Waals surface area contributed by atoms with Crippen LogP contribution >= 0.6 is 23.2 Å². The van der Waals surface area contributed by atoms with Crippen LogP contribution in [0.4, 0.5) is 0 Å². The fourth-order valence-corrected chi connectivity index (χ4v) is 4.01. The lowest BCUT2D eigenvalue weighted by Gasteiger charge is -2.20. The molecule has 0 unspecified atom stereocenters. The quantitative estimate of drug-likeness (QED) is 0.308. The molecule has 0 saturated carbocycles. The van der Waals surface area contributed by atoms with Crippen LogP contribution in [0.1, 0.15) is 22.3 Å². The normalized spacial score (nSPS) is 11.0. The molecule has 0 spiro atoms. The molecule has 0 aromatic heterocycles. The van der Waals surface area contributed by atoms with E-state index in [1.54, 1.807) is 0 Å². The van der Waals surface area contributed by atoms with Crippen molar-refractivity contribution in [2.75, 3.05) is 0 Å². The van der Waals surface area contributed by atoms with Crippen molar-refractivity contribution in [3.8, 4) is 11.1 Å². The third-order valence-corrected chi connectivity index (χ3v) is 5.65. The predicted molar refractivity (Wildman–Crippen MR) is 125 cm³/mol. The molecule has 143 valence electrons. The summed E-state index contributed by atoms with van der Waals surface area (Å²) in [7, 11) is 0. The summed E-state index contributed by atoms with van der Waals surface area (Å²) < 4.78 is 0. The van der Waals surface area contributed by atoms with E-state index in [0.717, 1.165) is 17.5 Å². The molecule has 0 aliphatic heterocycles. The SMILES string of the molecule is Cc1ccc(C[C](c2ccc(-c3ccccc3)cc2)c2ccc(Cl)cc2Cl)cc1. The molecule has 1 radical (unpaired) electrons. The highest BCUT2D eigenvalue weighted by Crippen LogP contribution is 2.35. The highest BCUT2D eigenvalue weighted by atomic mass is 35.5. The standard InChI is InChI=1S/C27H21Cl2/c1-19-7-9-20(10-8-19)17-26(25-16-15-24(28)18-27(25)29)23-13-11-22(12-14-23)21-5-3-2-4-6-21/h2-16,18H,17H2,1H3. The molecule has 4 aromatic rings. The minimum atomic E-state index is 0.646. The summed E-state index contributed by atoms with van der Waals surface area (Å²) in [4.78, 5) is 0. The van der Waals surface area contributed by atoms with Crippen LogP contribution in [0.5, 0.6) is 0 Å². The van der Waals surface area contributed by atoms with Crippen molar-refractivity contribution < 1.29 is 0 Å². The van der Waals surface area contributed by atoms with E-state index >= 15 is 0 Å². The van der Waals surface area contributed by atoms with E-state index in [0.29, 0.717) is 10.0 Å². The van der Waals surface area contributed by atoms with Gasteiger partial charge >= 0.3 is 0 Å². The maximum Gasteiger partial charge on any atom is 0.0462 e. The summed E-state index contributed by atoms with van der Waals surface area (Å²) in [6, 6.07) is 33.5. The first-order chi connectivity index (χ1) is 14.1. The van der Waals surface area contributed by atoms with Crippen molar-refractivity contribution in [2.45, 2.75) is 13.3 Å². The number of hydrogen-bond donors (Lipinski definition) is 0. The minimum absolute atomic E-state index is 0.646. The van der Waals surface area contributed by atoms with E-state index in [4.69, 9.17) is 23.2 Å². The molecule has 0 heterocycles. The predicted octanol–water partition coefficient (Wildman–Crippen LogP) is 8.18. The second-order valence-corrected chi connectivity index (χ2v) is 8.05. The molecule has 0 nitrogen and oxygen atoms in total. The van der Waals surface area contributed by atoms with Gasteiger partial charge in [-0.25, -0.2) is 0 Å². The Balaban J connectivity index is 1.72. The zero-order valence-corrected chi connectivity index (χ0v) is 17.7. The van der Waals surface area contributed by atoms with Crippen LogP contribution in [0.25, 0.3) is 11.1 Å². The van der Waals surface area contributed by atoms with Gasteiger partial charge in [-0.1, -0.05) is 114 Å². The van der Waals surface area contributed by atoms with Gasteiger partial charge in [0, 0.05) is 16.0 Å². The van der Waals surface area contributed by atoms with E-state index in [-0.39, 0.29) is 0 Å². The minimum Gasteiger partial charge on any atom is -0.0843 e. The zero-order valence-electron chi connectivity index (χ0n) is 16.2. The van der Waals surface area contributed by atoms with E-state index in [9.17, 15) is 0 Å². The van der Waals surface area contributed by atoms with Gasteiger partial charge in [0.2, 0.25) is 0 Å². The smallest absolute Gasteiger partial charge is 0.0462 e. The molecule has 0 aliphatic rings. The lowest BCUT2D eigenvalue weighted by molar-refractivity contribution is 1.03. The van der Waals surface area contributed by atoms with Crippen molar-refractivity contribution >= 4 is 23.2 Å². The van der Waals surface area contributed by atoms with E-state index < -0.39 is 0 Å². The van der Waals surface area contributed by atoms with Crippen molar-refractivity contribution in [1.29, 1.82) is 0 Å². The maximum absolute atomic E-state index is 6.59. The van der Waals surface area contributed by atoms with Crippen molar-refractivity contribution in [3.63, 3.8) is 0 Å². The monoisotopic (exact) mass is 415 g/mol. The molecule has 4 aromatic carbocycles. The number of aryl methyl sites for hydroxylation is 1. The Hall–Kier alpha value is -2.54. The average molecular weight is 416 g/mol. The Morgan fingerprint density at radius 2 is 1.34 bits per heavy atom. The average Bonchev–Trinajstić information content (AvgIpc) is 2.75. The Bertz CT molecular complexity index is 1080. The Kier molecular flexibility index (Phi) is 6.04. The first kappa shape index (κ1) is 19.8. The van der Waals surface area contributed by atoms with Crippen LogP contribution < -0.4 is 0 Å². The topological polar surface area (TPSA) is 0 Å². The van der Waals surface area contributed by atoms with Crippen molar-refractivity contribution in [1.82, 2.24) is 0 Å². The van der Waals surface area contributed by atoms with Gasteiger partial charge in [-0.15, -0.1) is 0 Å². The Morgan fingerprint density at radius 1 is 0.690 bits per heavy atom. The van der Waals surface area contributed by atoms with Gasteiger partial charge < -0.3 is 0 Å². The maximum atomic E-state index is 6.59. The third kappa shape index (κ3) is 4.72. The first-order valence-corrected chi connectivity index (χ1v) is 10.4. The Labute approximate surface area is 182 Å². The lowest BCUT2D eigenvalue weighted by Crippen LogP contribution is -2.07. The summed E-state index contributed by atoms with van der Waals surface area (Å²) in [6.45, 7) is 2.10. The fourth-order valence-electron chi connectivity index (χ4n) is 3.49. The molecule has 0 N–H and O–H groups in total. The third-order valence-electron chi connectivity index (χ3n) is 5.10. The summed E-state index contributed by atoms with van der Waals surface area (Å²) in [5.41, 5.74) is 7.10. The molecule has 0 bridgehead atoms. The van der Waals surface area contributed by atoms with Gasteiger partial charge in [0.15, 0.2) is 0 Å². The van der Waals surface area contributed by atoms with Gasteiger partial charge in [0.25, 0.3) is 0 Å². The molecule has 0 atom stereocenters. The summed E-state index contributed by atoms with van der Waals surface area (Å²) in [6.07, 6.45) is 0.798. The Morgan fingerprint density at radius 3 is 2.00 bits per heavy atom. The molecule has 0 aliphatic carbocycles. The van der Waals surface area contributed by atoms with E-state index in [1.807, 2.05) is 24.3 Å². The molecule has 2 heteroatoms. The van der Waals surface area contributed by atoms with Crippen LogP contribution in [0.3, 0.4) is 0 Å². The zero-order chi connectivity index (χ0) is 20.2. The highest BCUT2D eigenvalue weighted by Gasteiger charge is 2.19. The van der Waals surface area contributed by atoms with Crippen LogP contribution in [0.15, 0.2) is 97.1 Å². The first-order valence-electron chi connectivity index (χ1n) is 9.63. The fraction of sp³-hybridized carbons (Fsp3) is 0.0741. The summed E-state index contributed by atoms with van der Waals surface area (Å²) in [5.74, 6) is 1.19. The largest absolute Gasteiger partial charge is 0.0843 e. The lowest BCUT2D eigenvalue weighted by atomic mass is 9.85. The van der Waals surface area contributed by atoms with Gasteiger partial charge in [-0.2, -0.15) is 0 Å². The summed E-state index contributed by atoms with van der Waals surface area (Å²) in [5, 5.41) is 1.32. The van der Waals surface area contributed by atoms with Gasteiger partial charge in [0.1, 0.15) is 0 Å². The van der Waals surface area contributed by atoms with Crippen LogP contribution in [-0.4, -0.2) is 0 Å². The van der Waals surface area contributed by atoms with Gasteiger partial charge in [0.05, 0.1) is 0 Å². The number of hydrogen-bond acceptors (Lipinski definition) is 0. The highest BCUT2D eigenvalue weighted by molar-refractivity contribution is 6.35. The molecule has 0 fully saturated rings. The van der Waals surface area contributed by atoms with Crippen molar-refractivity contribution in [2.24, 2.45) is 0 Å². The number of benzene rings is 4. The van der Waals surface area contributed by atoms with Crippen LogP contribution in [0.2, 0.25) is 10.0 Å². The van der Waals surface area contributed by atoms with Gasteiger partial charge in [-0.05, 0) is 53.3 Å². The van der Waals surface area contributed by atoms with Crippen LogP contribution in [-0.2, 0) is 6.42 Å². The second kappa shape index (κ2) is 8.86. The molecular weight excluding hydrogens is 395 g/mol. The molecule has 0 amide bonds. The number of halogens is 2. The van der Waals surface area contributed by atoms with Crippen molar-refractivity contribution in [3.05, 3.63) is 135 Å². The molecular formula is C27H21Cl2. The summed E-state index contributed by atoms with van der Waals surface area (Å²) >= 11 is 12.7. The van der Waals surface area contributed by atoms with Crippen LogP contribution in [0, 0.1) is 12.8 Å².